The van der Waals surface area contributed by atoms with Gasteiger partial charge < -0.3 is 15.0 Å². The number of hydrogen-bond acceptors (Lipinski definition) is 4. The van der Waals surface area contributed by atoms with Crippen LogP contribution in [0.15, 0.2) is 42.5 Å². The van der Waals surface area contributed by atoms with Crippen molar-refractivity contribution in [3.63, 3.8) is 0 Å². The first kappa shape index (κ1) is 15.4. The zero-order valence-electron chi connectivity index (χ0n) is 12.5. The van der Waals surface area contributed by atoms with Gasteiger partial charge in [-0.25, -0.2) is 4.79 Å². The largest absolute Gasteiger partial charge is 0.423 e. The highest BCUT2D eigenvalue weighted by Crippen LogP contribution is 2.31. The van der Waals surface area contributed by atoms with E-state index in [1.54, 1.807) is 35.2 Å². The van der Waals surface area contributed by atoms with E-state index in [2.05, 4.69) is 5.32 Å². The van der Waals surface area contributed by atoms with Crippen molar-refractivity contribution in [2.24, 2.45) is 0 Å². The van der Waals surface area contributed by atoms with Crippen LogP contribution in [0, 0.1) is 6.92 Å². The maximum atomic E-state index is 12.3. The van der Waals surface area contributed by atoms with Gasteiger partial charge in [0.25, 0.3) is 0 Å². The van der Waals surface area contributed by atoms with E-state index in [4.69, 9.17) is 16.3 Å². The molecule has 1 aliphatic rings. The fourth-order valence-electron chi connectivity index (χ4n) is 2.45. The molecular formula is C17H15ClN2O3. The molecule has 1 N–H and O–H groups in total. The Hall–Kier alpha value is -2.53. The molecule has 3 rings (SSSR count). The molecule has 0 unspecified atom stereocenters. The molecular weight excluding hydrogens is 316 g/mol. The van der Waals surface area contributed by atoms with E-state index in [0.29, 0.717) is 16.5 Å². The molecule has 0 spiro atoms. The number of anilines is 2. The standard InChI is InChI=1S/C17H15ClN2O3/c1-11-12(18)5-4-6-13(11)19-16(21)9-20-10-17(22)23-15-8-3-2-7-14(15)20/h2-8H,9-10H2,1H3,(H,19,21). The van der Waals surface area contributed by atoms with Crippen molar-refractivity contribution in [2.75, 3.05) is 23.3 Å². The normalized spacial score (nSPS) is 13.3. The summed E-state index contributed by atoms with van der Waals surface area (Å²) in [5.74, 6) is -0.134. The number of nitrogens with zero attached hydrogens (tertiary/aromatic N) is 1. The van der Waals surface area contributed by atoms with Crippen LogP contribution in [0.1, 0.15) is 5.56 Å². The smallest absolute Gasteiger partial charge is 0.331 e. The van der Waals surface area contributed by atoms with Gasteiger partial charge in [-0.2, -0.15) is 0 Å². The molecule has 118 valence electrons. The van der Waals surface area contributed by atoms with Crippen molar-refractivity contribution in [1.82, 2.24) is 0 Å². The van der Waals surface area contributed by atoms with Gasteiger partial charge in [0.15, 0.2) is 5.75 Å². The molecule has 1 heterocycles. The molecule has 0 saturated heterocycles. The summed E-state index contributed by atoms with van der Waals surface area (Å²) in [6, 6.07) is 12.5. The minimum Gasteiger partial charge on any atom is -0.423 e. The van der Waals surface area contributed by atoms with E-state index in [0.717, 1.165) is 11.3 Å². The number of fused-ring (bicyclic) bond motifs is 1. The monoisotopic (exact) mass is 330 g/mol. The molecule has 1 aliphatic heterocycles. The van der Waals surface area contributed by atoms with Gasteiger partial charge in [-0.3, -0.25) is 4.79 Å². The molecule has 6 heteroatoms. The summed E-state index contributed by atoms with van der Waals surface area (Å²) in [5.41, 5.74) is 2.20. The maximum absolute atomic E-state index is 12.3. The molecule has 2 aromatic carbocycles. The molecule has 5 nitrogen and oxygen atoms in total. The third kappa shape index (κ3) is 3.29. The summed E-state index contributed by atoms with van der Waals surface area (Å²) >= 11 is 6.05. The van der Waals surface area contributed by atoms with Gasteiger partial charge in [0.1, 0.15) is 6.54 Å². The Morgan fingerprint density at radius 2 is 2.04 bits per heavy atom. The molecule has 2 aromatic rings. The second kappa shape index (κ2) is 6.30. The van der Waals surface area contributed by atoms with Gasteiger partial charge in [-0.05, 0) is 36.8 Å². The Labute approximate surface area is 138 Å². The van der Waals surface area contributed by atoms with Crippen LogP contribution in [0.3, 0.4) is 0 Å². The van der Waals surface area contributed by atoms with Gasteiger partial charge in [0, 0.05) is 10.7 Å². The van der Waals surface area contributed by atoms with Crippen molar-refractivity contribution >= 4 is 34.9 Å². The number of hydrogen-bond donors (Lipinski definition) is 1. The average molecular weight is 331 g/mol. The number of carbonyl (C=O) groups excluding carboxylic acids is 2. The van der Waals surface area contributed by atoms with E-state index >= 15 is 0 Å². The molecule has 23 heavy (non-hydrogen) atoms. The fraction of sp³-hybridized carbons (Fsp3) is 0.176. The molecule has 0 saturated carbocycles. The third-order valence-corrected chi connectivity index (χ3v) is 4.04. The average Bonchev–Trinajstić information content (AvgIpc) is 2.51. The van der Waals surface area contributed by atoms with E-state index in [9.17, 15) is 9.59 Å². The second-order valence-corrected chi connectivity index (χ2v) is 5.67. The summed E-state index contributed by atoms with van der Waals surface area (Å²) in [4.78, 5) is 25.7. The topological polar surface area (TPSA) is 58.6 Å². The quantitative estimate of drug-likeness (QED) is 0.694. The van der Waals surface area contributed by atoms with E-state index in [1.165, 1.54) is 0 Å². The van der Waals surface area contributed by atoms with E-state index < -0.39 is 0 Å². The van der Waals surface area contributed by atoms with Crippen LogP contribution in [0.25, 0.3) is 0 Å². The lowest BCUT2D eigenvalue weighted by molar-refractivity contribution is -0.133. The summed E-state index contributed by atoms with van der Waals surface area (Å²) in [6.45, 7) is 1.93. The second-order valence-electron chi connectivity index (χ2n) is 5.26. The lowest BCUT2D eigenvalue weighted by Gasteiger charge is -2.29. The number of carbonyl (C=O) groups is 2. The number of esters is 1. The number of rotatable bonds is 3. The first-order valence-electron chi connectivity index (χ1n) is 7.14. The summed E-state index contributed by atoms with van der Waals surface area (Å²) in [6.07, 6.45) is 0. The van der Waals surface area contributed by atoms with Gasteiger partial charge in [-0.15, -0.1) is 0 Å². The molecule has 0 bridgehead atoms. The van der Waals surface area contributed by atoms with Crippen molar-refractivity contribution < 1.29 is 14.3 Å². The number of halogens is 1. The Balaban J connectivity index is 1.76. The van der Waals surface area contributed by atoms with Crippen LogP contribution in [0.5, 0.6) is 5.75 Å². The minimum atomic E-state index is -0.379. The first-order valence-corrected chi connectivity index (χ1v) is 7.52. The molecule has 0 fully saturated rings. The van der Waals surface area contributed by atoms with Crippen LogP contribution < -0.4 is 15.0 Å². The number of para-hydroxylation sites is 2. The summed E-state index contributed by atoms with van der Waals surface area (Å²) in [7, 11) is 0. The third-order valence-electron chi connectivity index (χ3n) is 3.63. The number of benzene rings is 2. The Kier molecular flexibility index (Phi) is 4.21. The van der Waals surface area contributed by atoms with E-state index in [1.807, 2.05) is 19.1 Å². The highest BCUT2D eigenvalue weighted by atomic mass is 35.5. The van der Waals surface area contributed by atoms with Gasteiger partial charge in [-0.1, -0.05) is 29.8 Å². The van der Waals surface area contributed by atoms with Crippen LogP contribution in [-0.4, -0.2) is 25.0 Å². The highest BCUT2D eigenvalue weighted by molar-refractivity contribution is 6.31. The van der Waals surface area contributed by atoms with Crippen LogP contribution in [-0.2, 0) is 9.59 Å². The Morgan fingerprint density at radius 3 is 2.87 bits per heavy atom. The van der Waals surface area contributed by atoms with Crippen molar-refractivity contribution in [1.29, 1.82) is 0 Å². The van der Waals surface area contributed by atoms with Crippen molar-refractivity contribution in [2.45, 2.75) is 6.92 Å². The van der Waals surface area contributed by atoms with Crippen molar-refractivity contribution in [3.05, 3.63) is 53.1 Å². The predicted molar refractivity (Wildman–Crippen MR) is 89.1 cm³/mol. The minimum absolute atomic E-state index is 0.0406. The number of ether oxygens (including phenoxy) is 1. The number of nitrogens with one attached hydrogen (secondary N) is 1. The Morgan fingerprint density at radius 1 is 1.26 bits per heavy atom. The van der Waals surface area contributed by atoms with Crippen molar-refractivity contribution in [3.8, 4) is 5.75 Å². The molecule has 0 aliphatic carbocycles. The van der Waals surface area contributed by atoms with Gasteiger partial charge in [0.2, 0.25) is 5.91 Å². The SMILES string of the molecule is Cc1c(Cl)cccc1NC(=O)CN1CC(=O)Oc2ccccc21. The maximum Gasteiger partial charge on any atom is 0.331 e. The van der Waals surface area contributed by atoms with E-state index in [-0.39, 0.29) is 25.0 Å². The first-order chi connectivity index (χ1) is 11.0. The highest BCUT2D eigenvalue weighted by Gasteiger charge is 2.25. The summed E-state index contributed by atoms with van der Waals surface area (Å²) in [5, 5.41) is 3.42. The predicted octanol–water partition coefficient (Wildman–Crippen LogP) is 3.01. The summed E-state index contributed by atoms with van der Waals surface area (Å²) < 4.78 is 5.17. The zero-order valence-corrected chi connectivity index (χ0v) is 13.3. The Bertz CT molecular complexity index is 776. The molecule has 0 atom stereocenters. The lowest BCUT2D eigenvalue weighted by Crippen LogP contribution is -2.41. The van der Waals surface area contributed by atoms with Crippen LogP contribution >= 0.6 is 11.6 Å². The van der Waals surface area contributed by atoms with Crippen LogP contribution in [0.4, 0.5) is 11.4 Å². The lowest BCUT2D eigenvalue weighted by atomic mass is 10.2. The number of amides is 1. The van der Waals surface area contributed by atoms with Gasteiger partial charge in [0.05, 0.1) is 12.2 Å². The van der Waals surface area contributed by atoms with Crippen LogP contribution in [0.2, 0.25) is 5.02 Å². The molecule has 0 aromatic heterocycles. The fourth-order valence-corrected chi connectivity index (χ4v) is 2.62. The molecule has 0 radical (unpaired) electrons. The molecule has 1 amide bonds. The van der Waals surface area contributed by atoms with Gasteiger partial charge >= 0.3 is 5.97 Å². The zero-order chi connectivity index (χ0) is 16.4.